The molecule has 2 aromatic rings. The largest absolute Gasteiger partial charge is 0.494 e. The summed E-state index contributed by atoms with van der Waals surface area (Å²) in [5, 5.41) is 7.99. The molecule has 2 rings (SSSR count). The van der Waals surface area contributed by atoms with Crippen molar-refractivity contribution in [2.24, 2.45) is 5.92 Å². The Labute approximate surface area is 124 Å². The van der Waals surface area contributed by atoms with E-state index in [2.05, 4.69) is 24.2 Å². The fraction of sp³-hybridized carbons (Fsp3) is 0.438. The third kappa shape index (κ3) is 4.41. The Balaban J connectivity index is 1.90. The van der Waals surface area contributed by atoms with Crippen molar-refractivity contribution in [3.05, 3.63) is 41.7 Å². The van der Waals surface area contributed by atoms with E-state index in [4.69, 9.17) is 4.74 Å². The van der Waals surface area contributed by atoms with Crippen LogP contribution in [0.15, 0.2) is 30.3 Å². The molecule has 0 N–H and O–H groups in total. The minimum atomic E-state index is 0.440. The zero-order chi connectivity index (χ0) is 15.1. The summed E-state index contributed by atoms with van der Waals surface area (Å²) in [6.07, 6.45) is 2.33. The number of benzene rings is 1. The predicted molar refractivity (Wildman–Crippen MR) is 80.5 cm³/mol. The lowest BCUT2D eigenvalue weighted by molar-refractivity contribution is 0.111. The Morgan fingerprint density at radius 2 is 2.05 bits per heavy atom. The Morgan fingerprint density at radius 3 is 2.71 bits per heavy atom. The van der Waals surface area contributed by atoms with Gasteiger partial charge < -0.3 is 4.74 Å². The summed E-state index contributed by atoms with van der Waals surface area (Å²) in [5.41, 5.74) is 1.34. The number of carbonyl (C=O) groups excluding carboxylic acids is 1. The van der Waals surface area contributed by atoms with Gasteiger partial charge in [-0.1, -0.05) is 37.3 Å². The molecule has 0 radical (unpaired) electrons. The molecule has 0 spiro atoms. The van der Waals surface area contributed by atoms with Crippen molar-refractivity contribution in [3.63, 3.8) is 0 Å². The zero-order valence-electron chi connectivity index (χ0n) is 12.5. The number of nitrogens with zero attached hydrogens (tertiary/aromatic N) is 3. The van der Waals surface area contributed by atoms with Gasteiger partial charge in [-0.2, -0.15) is 0 Å². The molecule has 0 bridgehead atoms. The third-order valence-corrected chi connectivity index (χ3v) is 3.09. The minimum Gasteiger partial charge on any atom is -0.494 e. The lowest BCUT2D eigenvalue weighted by Gasteiger charge is -2.10. The first-order valence-corrected chi connectivity index (χ1v) is 7.26. The van der Waals surface area contributed by atoms with Crippen LogP contribution >= 0.6 is 0 Å². The van der Waals surface area contributed by atoms with Gasteiger partial charge in [0.05, 0.1) is 12.3 Å². The van der Waals surface area contributed by atoms with Crippen LogP contribution in [-0.4, -0.2) is 27.9 Å². The monoisotopic (exact) mass is 287 g/mol. The fourth-order valence-electron chi connectivity index (χ4n) is 2.13. The highest BCUT2D eigenvalue weighted by Crippen LogP contribution is 2.12. The van der Waals surface area contributed by atoms with Gasteiger partial charge in [-0.3, -0.25) is 4.79 Å². The molecule has 21 heavy (non-hydrogen) atoms. The van der Waals surface area contributed by atoms with Crippen molar-refractivity contribution in [2.75, 3.05) is 6.61 Å². The number of aromatic nitrogens is 3. The molecule has 5 nitrogen and oxygen atoms in total. The summed E-state index contributed by atoms with van der Waals surface area (Å²) in [6.45, 7) is 5.61. The van der Waals surface area contributed by atoms with Crippen molar-refractivity contribution >= 4 is 6.29 Å². The summed E-state index contributed by atoms with van der Waals surface area (Å²) < 4.78 is 7.49. The van der Waals surface area contributed by atoms with Gasteiger partial charge in [0.15, 0.2) is 6.29 Å². The molecule has 1 aromatic carbocycles. The molecule has 0 aliphatic heterocycles. The van der Waals surface area contributed by atoms with E-state index in [0.29, 0.717) is 18.2 Å². The Hall–Kier alpha value is -2.17. The second-order valence-corrected chi connectivity index (χ2v) is 5.38. The van der Waals surface area contributed by atoms with E-state index in [0.717, 1.165) is 37.1 Å². The van der Waals surface area contributed by atoms with E-state index in [9.17, 15) is 4.79 Å². The van der Waals surface area contributed by atoms with E-state index in [1.165, 1.54) is 0 Å². The molecule has 1 aromatic heterocycles. The second kappa shape index (κ2) is 7.57. The van der Waals surface area contributed by atoms with Crippen LogP contribution in [0.2, 0.25) is 0 Å². The molecule has 1 heterocycles. The summed E-state index contributed by atoms with van der Waals surface area (Å²) >= 11 is 0. The van der Waals surface area contributed by atoms with Crippen molar-refractivity contribution in [1.82, 2.24) is 15.0 Å². The first-order chi connectivity index (χ1) is 10.2. The van der Waals surface area contributed by atoms with E-state index >= 15 is 0 Å². The average Bonchev–Trinajstić information content (AvgIpc) is 2.86. The molecule has 0 saturated carbocycles. The molecule has 0 fully saturated rings. The van der Waals surface area contributed by atoms with Gasteiger partial charge in [-0.15, -0.1) is 5.10 Å². The summed E-state index contributed by atoms with van der Waals surface area (Å²) in [7, 11) is 0. The molecule has 0 aliphatic rings. The van der Waals surface area contributed by atoms with Crippen LogP contribution in [0.25, 0.3) is 0 Å². The maximum Gasteiger partial charge on any atom is 0.172 e. The highest BCUT2D eigenvalue weighted by Gasteiger charge is 2.12. The van der Waals surface area contributed by atoms with Gasteiger partial charge >= 0.3 is 0 Å². The van der Waals surface area contributed by atoms with Gasteiger partial charge in [0.2, 0.25) is 0 Å². The first kappa shape index (κ1) is 15.2. The highest BCUT2D eigenvalue weighted by atomic mass is 16.5. The van der Waals surface area contributed by atoms with Gasteiger partial charge in [0, 0.05) is 6.54 Å². The van der Waals surface area contributed by atoms with E-state index in [1.54, 1.807) is 0 Å². The lowest BCUT2D eigenvalue weighted by atomic mass is 10.2. The summed E-state index contributed by atoms with van der Waals surface area (Å²) in [5.74, 6) is 1.33. The van der Waals surface area contributed by atoms with Crippen LogP contribution in [0.1, 0.15) is 36.5 Å². The molecule has 0 aliphatic carbocycles. The second-order valence-electron chi connectivity index (χ2n) is 5.38. The van der Waals surface area contributed by atoms with Crippen LogP contribution in [-0.2, 0) is 13.0 Å². The average molecular weight is 287 g/mol. The van der Waals surface area contributed by atoms with Gasteiger partial charge in [0.25, 0.3) is 0 Å². The number of ether oxygens (including phenoxy) is 1. The van der Waals surface area contributed by atoms with Crippen LogP contribution in [0.4, 0.5) is 0 Å². The van der Waals surface area contributed by atoms with E-state index in [1.807, 2.05) is 35.0 Å². The van der Waals surface area contributed by atoms with Gasteiger partial charge in [-0.05, 0) is 30.9 Å². The molecule has 0 unspecified atom stereocenters. The lowest BCUT2D eigenvalue weighted by Crippen LogP contribution is -2.11. The predicted octanol–water partition coefficient (Wildman–Crippen LogP) is 2.76. The summed E-state index contributed by atoms with van der Waals surface area (Å²) in [6, 6.07) is 9.71. The summed E-state index contributed by atoms with van der Waals surface area (Å²) in [4.78, 5) is 11.0. The molecule has 0 atom stereocenters. The highest BCUT2D eigenvalue weighted by molar-refractivity contribution is 5.73. The van der Waals surface area contributed by atoms with Crippen molar-refractivity contribution in [3.8, 4) is 5.75 Å². The molecule has 112 valence electrons. The normalized spacial score (nSPS) is 10.8. The quantitative estimate of drug-likeness (QED) is 0.553. The number of para-hydroxylation sites is 1. The topological polar surface area (TPSA) is 57.0 Å². The number of hydrogen-bond acceptors (Lipinski definition) is 4. The third-order valence-electron chi connectivity index (χ3n) is 3.09. The molecule has 0 saturated heterocycles. The van der Waals surface area contributed by atoms with Crippen molar-refractivity contribution in [1.29, 1.82) is 0 Å². The van der Waals surface area contributed by atoms with Crippen LogP contribution < -0.4 is 4.74 Å². The van der Waals surface area contributed by atoms with Crippen LogP contribution in [0.5, 0.6) is 5.75 Å². The molecule has 5 heteroatoms. The minimum absolute atomic E-state index is 0.440. The number of rotatable bonds is 8. The Kier molecular flexibility index (Phi) is 5.49. The van der Waals surface area contributed by atoms with Crippen molar-refractivity contribution in [2.45, 2.75) is 33.2 Å². The number of aldehydes is 1. The Morgan fingerprint density at radius 1 is 1.29 bits per heavy atom. The fourth-order valence-corrected chi connectivity index (χ4v) is 2.13. The molecular weight excluding hydrogens is 266 g/mol. The maximum atomic E-state index is 11.0. The number of carbonyl (C=O) groups is 1. The van der Waals surface area contributed by atoms with Crippen molar-refractivity contribution < 1.29 is 9.53 Å². The van der Waals surface area contributed by atoms with E-state index in [-0.39, 0.29) is 0 Å². The van der Waals surface area contributed by atoms with Gasteiger partial charge in [0.1, 0.15) is 11.4 Å². The zero-order valence-corrected chi connectivity index (χ0v) is 12.5. The maximum absolute atomic E-state index is 11.0. The van der Waals surface area contributed by atoms with E-state index < -0.39 is 0 Å². The standard InChI is InChI=1S/C16H21N3O2/c1-13(2)11-19-16(15(12-20)17-18-19)9-6-10-21-14-7-4-3-5-8-14/h3-5,7-8,12-13H,6,9-11H2,1-2H3. The first-order valence-electron chi connectivity index (χ1n) is 7.26. The molecule has 0 amide bonds. The van der Waals surface area contributed by atoms with Crippen LogP contribution in [0, 0.1) is 5.92 Å². The SMILES string of the molecule is CC(C)Cn1nnc(C=O)c1CCCOc1ccccc1. The smallest absolute Gasteiger partial charge is 0.172 e. The van der Waals surface area contributed by atoms with Gasteiger partial charge in [-0.25, -0.2) is 4.68 Å². The molecular formula is C16H21N3O2. The van der Waals surface area contributed by atoms with Crippen LogP contribution in [0.3, 0.4) is 0 Å². The Bertz CT molecular complexity index is 564. The number of hydrogen-bond donors (Lipinski definition) is 0.